The fourth-order valence-corrected chi connectivity index (χ4v) is 1.66. The van der Waals surface area contributed by atoms with E-state index in [0.717, 1.165) is 6.42 Å². The van der Waals surface area contributed by atoms with Gasteiger partial charge in [-0.25, -0.2) is 0 Å². The Morgan fingerprint density at radius 1 is 1.43 bits per heavy atom. The molecule has 0 aromatic carbocycles. The molecule has 2 unspecified atom stereocenters. The summed E-state index contributed by atoms with van der Waals surface area (Å²) >= 11 is 0. The van der Waals surface area contributed by atoms with Crippen molar-refractivity contribution in [1.29, 1.82) is 0 Å². The van der Waals surface area contributed by atoms with E-state index in [0.29, 0.717) is 11.8 Å². The molecule has 0 fully saturated rings. The molecule has 0 aromatic heterocycles. The molecule has 0 radical (unpaired) electrons. The lowest BCUT2D eigenvalue weighted by atomic mass is 9.95. The Morgan fingerprint density at radius 3 is 2.93 bits per heavy atom. The van der Waals surface area contributed by atoms with Crippen molar-refractivity contribution in [2.45, 2.75) is 40.0 Å². The molecule has 0 spiro atoms. The highest BCUT2D eigenvalue weighted by Crippen LogP contribution is 2.20. The van der Waals surface area contributed by atoms with Crippen LogP contribution in [0.2, 0.25) is 0 Å². The zero-order valence-electron chi connectivity index (χ0n) is 9.66. The van der Waals surface area contributed by atoms with E-state index in [9.17, 15) is 0 Å². The molecule has 0 heterocycles. The van der Waals surface area contributed by atoms with Gasteiger partial charge in [0.15, 0.2) is 0 Å². The number of hydrogen-bond donors (Lipinski definition) is 0. The van der Waals surface area contributed by atoms with Crippen LogP contribution in [0.1, 0.15) is 40.0 Å². The van der Waals surface area contributed by atoms with Crippen LogP contribution in [-0.4, -0.2) is 0 Å². The Balaban J connectivity index is 2.72. The van der Waals surface area contributed by atoms with E-state index in [2.05, 4.69) is 51.2 Å². The molecule has 0 aromatic rings. The van der Waals surface area contributed by atoms with Crippen LogP contribution in [0, 0.1) is 11.8 Å². The molecule has 78 valence electrons. The monoisotopic (exact) mass is 190 g/mol. The molecule has 0 nitrogen and oxygen atoms in total. The first kappa shape index (κ1) is 11.3. The smallest absolute Gasteiger partial charge is 0.0166 e. The fraction of sp³-hybridized carbons (Fsp3) is 0.571. The topological polar surface area (TPSA) is 0 Å². The summed E-state index contributed by atoms with van der Waals surface area (Å²) in [5, 5.41) is 0. The Bertz CT molecular complexity index is 243. The second kappa shape index (κ2) is 5.85. The summed E-state index contributed by atoms with van der Waals surface area (Å²) in [6.45, 7) is 6.85. The maximum atomic E-state index is 2.41. The van der Waals surface area contributed by atoms with Crippen LogP contribution in [0.3, 0.4) is 0 Å². The molecule has 0 heteroatoms. The van der Waals surface area contributed by atoms with Crippen LogP contribution in [-0.2, 0) is 0 Å². The van der Waals surface area contributed by atoms with Gasteiger partial charge in [-0.15, -0.1) is 0 Å². The van der Waals surface area contributed by atoms with E-state index in [4.69, 9.17) is 0 Å². The number of rotatable bonds is 2. The van der Waals surface area contributed by atoms with Gasteiger partial charge in [0.25, 0.3) is 0 Å². The van der Waals surface area contributed by atoms with Crippen LogP contribution in [0.5, 0.6) is 0 Å². The van der Waals surface area contributed by atoms with Gasteiger partial charge in [-0.05, 0) is 36.7 Å². The minimum Gasteiger partial charge on any atom is -0.0851 e. The third-order valence-corrected chi connectivity index (χ3v) is 2.95. The molecule has 1 aliphatic carbocycles. The summed E-state index contributed by atoms with van der Waals surface area (Å²) in [6, 6.07) is 0. The van der Waals surface area contributed by atoms with Crippen molar-refractivity contribution < 1.29 is 0 Å². The van der Waals surface area contributed by atoms with Crippen molar-refractivity contribution in [3.63, 3.8) is 0 Å². The Kier molecular flexibility index (Phi) is 4.72. The van der Waals surface area contributed by atoms with Crippen LogP contribution in [0.25, 0.3) is 0 Å². The van der Waals surface area contributed by atoms with Gasteiger partial charge in [0.1, 0.15) is 0 Å². The highest BCUT2D eigenvalue weighted by molar-refractivity contribution is 5.23. The van der Waals surface area contributed by atoms with E-state index in [1.807, 2.05) is 0 Å². The molecular weight excluding hydrogens is 168 g/mol. The van der Waals surface area contributed by atoms with Gasteiger partial charge in [-0.2, -0.15) is 0 Å². The molecule has 14 heavy (non-hydrogen) atoms. The molecule has 2 atom stereocenters. The van der Waals surface area contributed by atoms with Crippen molar-refractivity contribution in [3.8, 4) is 0 Å². The summed E-state index contributed by atoms with van der Waals surface area (Å²) in [5.41, 5.74) is 1.52. The summed E-state index contributed by atoms with van der Waals surface area (Å²) < 4.78 is 0. The Labute approximate surface area is 88.4 Å². The third-order valence-electron chi connectivity index (χ3n) is 2.95. The number of hydrogen-bond acceptors (Lipinski definition) is 0. The van der Waals surface area contributed by atoms with Gasteiger partial charge in [-0.3, -0.25) is 0 Å². The van der Waals surface area contributed by atoms with E-state index in [-0.39, 0.29) is 0 Å². The average Bonchev–Trinajstić information content (AvgIpc) is 2.29. The molecular formula is C14H22. The molecule has 0 amide bonds. The van der Waals surface area contributed by atoms with Crippen LogP contribution < -0.4 is 0 Å². The van der Waals surface area contributed by atoms with Gasteiger partial charge in [0.2, 0.25) is 0 Å². The lowest BCUT2D eigenvalue weighted by Crippen LogP contribution is -1.96. The molecule has 0 saturated heterocycles. The van der Waals surface area contributed by atoms with E-state index >= 15 is 0 Å². The van der Waals surface area contributed by atoms with Crippen LogP contribution in [0.15, 0.2) is 36.0 Å². The maximum absolute atomic E-state index is 2.41. The van der Waals surface area contributed by atoms with Gasteiger partial charge < -0.3 is 0 Å². The molecule has 1 rings (SSSR count). The standard InChI is InChI=1S/C14H22/c1-4-13(3)14-9-7-5-6-8-12(2)10-11-14/h6-9,11-13H,4-5,10H2,1-3H3. The highest BCUT2D eigenvalue weighted by Gasteiger charge is 2.04. The SMILES string of the molecule is CCC(C)C1=CCC(C)C=CCC=C1. The zero-order chi connectivity index (χ0) is 10.4. The summed E-state index contributed by atoms with van der Waals surface area (Å²) in [4.78, 5) is 0. The molecule has 0 N–H and O–H groups in total. The first-order valence-corrected chi connectivity index (χ1v) is 5.77. The van der Waals surface area contributed by atoms with Gasteiger partial charge >= 0.3 is 0 Å². The quantitative estimate of drug-likeness (QED) is 0.562. The highest BCUT2D eigenvalue weighted by atomic mass is 14.1. The first-order chi connectivity index (χ1) is 6.74. The summed E-state index contributed by atoms with van der Waals surface area (Å²) in [6.07, 6.45) is 15.1. The molecule has 0 saturated carbocycles. The maximum Gasteiger partial charge on any atom is -0.0166 e. The predicted molar refractivity (Wildman–Crippen MR) is 64.2 cm³/mol. The van der Waals surface area contributed by atoms with E-state index in [1.54, 1.807) is 0 Å². The van der Waals surface area contributed by atoms with Crippen molar-refractivity contribution in [2.24, 2.45) is 11.8 Å². The summed E-state index contributed by atoms with van der Waals surface area (Å²) in [7, 11) is 0. The van der Waals surface area contributed by atoms with Crippen LogP contribution >= 0.6 is 0 Å². The van der Waals surface area contributed by atoms with E-state index < -0.39 is 0 Å². The Morgan fingerprint density at radius 2 is 2.21 bits per heavy atom. The average molecular weight is 190 g/mol. The normalized spacial score (nSPS) is 24.8. The van der Waals surface area contributed by atoms with Gasteiger partial charge in [-0.1, -0.05) is 51.2 Å². The summed E-state index contributed by atoms with van der Waals surface area (Å²) in [5.74, 6) is 1.39. The van der Waals surface area contributed by atoms with Gasteiger partial charge in [0.05, 0.1) is 0 Å². The van der Waals surface area contributed by atoms with Crippen molar-refractivity contribution in [3.05, 3.63) is 36.0 Å². The second-order valence-electron chi connectivity index (χ2n) is 4.29. The zero-order valence-corrected chi connectivity index (χ0v) is 9.66. The van der Waals surface area contributed by atoms with Crippen molar-refractivity contribution in [1.82, 2.24) is 0 Å². The first-order valence-electron chi connectivity index (χ1n) is 5.77. The fourth-order valence-electron chi connectivity index (χ4n) is 1.66. The van der Waals surface area contributed by atoms with Crippen molar-refractivity contribution in [2.75, 3.05) is 0 Å². The predicted octanol–water partition coefficient (Wildman–Crippen LogP) is 4.50. The molecule has 0 aliphatic heterocycles. The minimum absolute atomic E-state index is 0.689. The van der Waals surface area contributed by atoms with Gasteiger partial charge in [0, 0.05) is 0 Å². The lowest BCUT2D eigenvalue weighted by molar-refractivity contribution is 0.657. The number of allylic oxidation sites excluding steroid dienone is 6. The lowest BCUT2D eigenvalue weighted by Gasteiger charge is -2.10. The van der Waals surface area contributed by atoms with E-state index in [1.165, 1.54) is 18.4 Å². The Hall–Kier alpha value is -0.780. The molecule has 0 bridgehead atoms. The molecule has 1 aliphatic rings. The third kappa shape index (κ3) is 3.53. The largest absolute Gasteiger partial charge is 0.0851 e. The van der Waals surface area contributed by atoms with Crippen molar-refractivity contribution >= 4 is 0 Å². The second-order valence-corrected chi connectivity index (χ2v) is 4.29. The van der Waals surface area contributed by atoms with Crippen LogP contribution in [0.4, 0.5) is 0 Å². The minimum atomic E-state index is 0.689.